The van der Waals surface area contributed by atoms with Gasteiger partial charge in [0.15, 0.2) is 0 Å². The van der Waals surface area contributed by atoms with Crippen LogP contribution in [0.4, 0.5) is 0 Å². The van der Waals surface area contributed by atoms with E-state index in [0.717, 1.165) is 121 Å². The van der Waals surface area contributed by atoms with Crippen LogP contribution in [0.1, 0.15) is 103 Å². The van der Waals surface area contributed by atoms with E-state index >= 15 is 0 Å². The van der Waals surface area contributed by atoms with Crippen molar-refractivity contribution in [2.45, 2.75) is 103 Å². The molecule has 67 heavy (non-hydrogen) atoms. The molecule has 4 aliphatic carbocycles. The van der Waals surface area contributed by atoms with Gasteiger partial charge in [-0.1, -0.05) is 13.2 Å². The Hall–Kier alpha value is -3.95. The molecular formula is C47H76O19S. The number of rotatable bonds is 27. The summed E-state index contributed by atoms with van der Waals surface area (Å²) >= 11 is 0. The average Bonchev–Trinajstić information content (AvgIpc) is 3.32. The lowest BCUT2D eigenvalue weighted by molar-refractivity contribution is -0.152. The lowest BCUT2D eigenvalue weighted by Gasteiger charge is -2.36. The molecule has 0 atom stereocenters. The fourth-order valence-electron chi connectivity index (χ4n) is 9.07. The summed E-state index contributed by atoms with van der Waals surface area (Å²) < 4.78 is 61.1. The Labute approximate surface area is 395 Å². The van der Waals surface area contributed by atoms with Crippen molar-refractivity contribution in [1.29, 1.82) is 0 Å². The van der Waals surface area contributed by atoms with Crippen LogP contribution in [0.25, 0.3) is 0 Å². The number of hydrogen-bond donors (Lipinski definition) is 3. The molecule has 4 saturated carbocycles. The van der Waals surface area contributed by atoms with Crippen LogP contribution in [0.5, 0.6) is 0 Å². The number of carboxylic acids is 3. The molecule has 4 aliphatic rings. The summed E-state index contributed by atoms with van der Waals surface area (Å²) in [4.78, 5) is 66.6. The predicted molar refractivity (Wildman–Crippen MR) is 242 cm³/mol. The number of carbonyl (C=O) groups is 6. The van der Waals surface area contributed by atoms with Crippen molar-refractivity contribution in [2.75, 3.05) is 85.5 Å². The SMILES string of the molecule is C=CC(=O)OCCOCCOCCOC(=O)C1CCC(C2CCC(C(=O)O)CC2)CC1.C=CC(=O)OCCOCCOCCOS(C)(=O)=O.O=C(O)C1CCC(C2CCC(C(=O)O)CC2)CC1. The Balaban J connectivity index is 0.000000368. The van der Waals surface area contributed by atoms with E-state index < -0.39 is 40.0 Å². The van der Waals surface area contributed by atoms with Crippen LogP contribution in [0, 0.1) is 47.3 Å². The lowest BCUT2D eigenvalue weighted by atomic mass is 9.69. The monoisotopic (exact) mass is 976 g/mol. The third-order valence-electron chi connectivity index (χ3n) is 12.8. The Morgan fingerprint density at radius 3 is 0.940 bits per heavy atom. The second-order valence-electron chi connectivity index (χ2n) is 17.3. The summed E-state index contributed by atoms with van der Waals surface area (Å²) in [6, 6.07) is 0. The molecule has 0 spiro atoms. The van der Waals surface area contributed by atoms with Gasteiger partial charge in [-0.2, -0.15) is 8.42 Å². The molecule has 4 rings (SSSR count). The zero-order valence-electron chi connectivity index (χ0n) is 39.3. The molecule has 4 fully saturated rings. The summed E-state index contributed by atoms with van der Waals surface area (Å²) in [5.74, 6) is -1.06. The Bertz CT molecular complexity index is 1550. The maximum atomic E-state index is 12.3. The summed E-state index contributed by atoms with van der Waals surface area (Å²) in [6.07, 6.45) is 17.8. The van der Waals surface area contributed by atoms with E-state index in [9.17, 15) is 37.2 Å². The van der Waals surface area contributed by atoms with Crippen LogP contribution in [0.3, 0.4) is 0 Å². The first-order chi connectivity index (χ1) is 32.0. The summed E-state index contributed by atoms with van der Waals surface area (Å²) in [6.45, 7) is 9.52. The largest absolute Gasteiger partial charge is 0.481 e. The fraction of sp³-hybridized carbons (Fsp3) is 0.787. The van der Waals surface area contributed by atoms with Gasteiger partial charge in [-0.3, -0.25) is 23.4 Å². The second-order valence-corrected chi connectivity index (χ2v) is 19.0. The van der Waals surface area contributed by atoms with E-state index in [2.05, 4.69) is 22.1 Å². The van der Waals surface area contributed by atoms with Gasteiger partial charge in [0.05, 0.1) is 89.4 Å². The minimum atomic E-state index is -3.41. The number of ether oxygens (including phenoxy) is 7. The van der Waals surface area contributed by atoms with Gasteiger partial charge in [0.1, 0.15) is 19.8 Å². The Kier molecular flexibility index (Phi) is 30.3. The standard InChI is InChI=1S/C23H36O8.C14H22O4.C10H18O7S/c1-2-21(24)30-15-13-28-11-12-29-14-16-31-23(27)20-9-5-18(6-10-20)17-3-7-19(8-4-17)22(25)26;15-13(16)11-5-1-9(2-6-11)10-3-7-12(8-4-10)14(17)18;1-3-10(11)16-8-6-14-4-5-15-7-9-17-18(2,12)13/h2,17-20H,1,3-16H2,(H,25,26);9-12H,1-8H2,(H,15,16)(H,17,18);3H,1,4-9H2,2H3. The quantitative estimate of drug-likeness (QED) is 0.0302. The number of esters is 3. The van der Waals surface area contributed by atoms with Crippen molar-refractivity contribution >= 4 is 45.9 Å². The van der Waals surface area contributed by atoms with E-state index in [1.54, 1.807) is 0 Å². The van der Waals surface area contributed by atoms with Gasteiger partial charge >= 0.3 is 35.8 Å². The first-order valence-electron chi connectivity index (χ1n) is 23.6. The number of hydrogen-bond acceptors (Lipinski definition) is 16. The molecule has 20 heteroatoms. The van der Waals surface area contributed by atoms with E-state index in [1.807, 2.05) is 0 Å². The molecule has 0 aliphatic heterocycles. The number of carboxylic acid groups (broad SMARTS) is 3. The van der Waals surface area contributed by atoms with Crippen molar-refractivity contribution in [3.8, 4) is 0 Å². The normalized spacial score (nSPS) is 25.0. The smallest absolute Gasteiger partial charge is 0.330 e. The van der Waals surface area contributed by atoms with Crippen molar-refractivity contribution in [3.63, 3.8) is 0 Å². The van der Waals surface area contributed by atoms with Gasteiger partial charge < -0.3 is 48.5 Å². The van der Waals surface area contributed by atoms with Gasteiger partial charge in [0.2, 0.25) is 0 Å². The molecular weight excluding hydrogens is 901 g/mol. The van der Waals surface area contributed by atoms with Gasteiger partial charge in [0.25, 0.3) is 10.1 Å². The molecule has 19 nitrogen and oxygen atoms in total. The second kappa shape index (κ2) is 34.4. The van der Waals surface area contributed by atoms with Crippen LogP contribution >= 0.6 is 0 Å². The fourth-order valence-corrected chi connectivity index (χ4v) is 9.44. The van der Waals surface area contributed by atoms with Crippen molar-refractivity contribution in [2.24, 2.45) is 47.3 Å². The summed E-state index contributed by atoms with van der Waals surface area (Å²) in [5.41, 5.74) is 0. The third kappa shape index (κ3) is 27.0. The van der Waals surface area contributed by atoms with E-state index in [-0.39, 0.29) is 69.3 Å². The molecule has 384 valence electrons. The molecule has 0 unspecified atom stereocenters. The average molecular weight is 977 g/mol. The highest BCUT2D eigenvalue weighted by Gasteiger charge is 2.36. The highest BCUT2D eigenvalue weighted by Crippen LogP contribution is 2.43. The molecule has 3 N–H and O–H groups in total. The maximum absolute atomic E-state index is 12.3. The van der Waals surface area contributed by atoms with E-state index in [4.69, 9.17) is 43.7 Å². The topological polar surface area (TPSA) is 271 Å². The van der Waals surface area contributed by atoms with Crippen LogP contribution < -0.4 is 0 Å². The van der Waals surface area contributed by atoms with Gasteiger partial charge in [-0.25, -0.2) is 9.59 Å². The first kappa shape index (κ1) is 59.2. The van der Waals surface area contributed by atoms with Crippen LogP contribution in [0.2, 0.25) is 0 Å². The van der Waals surface area contributed by atoms with Gasteiger partial charge in [-0.15, -0.1) is 0 Å². The third-order valence-corrected chi connectivity index (χ3v) is 13.4. The number of carbonyl (C=O) groups excluding carboxylic acids is 3. The summed E-state index contributed by atoms with van der Waals surface area (Å²) in [5, 5.41) is 27.1. The van der Waals surface area contributed by atoms with Gasteiger partial charge in [-0.05, 0) is 126 Å². The highest BCUT2D eigenvalue weighted by atomic mass is 32.2. The van der Waals surface area contributed by atoms with Crippen LogP contribution in [0.15, 0.2) is 25.3 Å². The Morgan fingerprint density at radius 1 is 0.418 bits per heavy atom. The molecule has 0 radical (unpaired) electrons. The molecule has 0 amide bonds. The molecule has 0 aromatic carbocycles. The van der Waals surface area contributed by atoms with Crippen LogP contribution in [-0.4, -0.2) is 145 Å². The number of aliphatic carboxylic acids is 3. The molecule has 0 bridgehead atoms. The molecule has 0 aromatic rings. The molecule has 0 aromatic heterocycles. The van der Waals surface area contributed by atoms with Gasteiger partial charge in [0, 0.05) is 12.2 Å². The predicted octanol–water partition coefficient (Wildman–Crippen LogP) is 5.48. The van der Waals surface area contributed by atoms with E-state index in [1.165, 1.54) is 0 Å². The maximum Gasteiger partial charge on any atom is 0.330 e. The summed E-state index contributed by atoms with van der Waals surface area (Å²) in [7, 11) is -3.41. The zero-order chi connectivity index (χ0) is 49.5. The van der Waals surface area contributed by atoms with Crippen molar-refractivity contribution < 1.29 is 89.8 Å². The molecule has 0 saturated heterocycles. The van der Waals surface area contributed by atoms with Crippen LogP contribution in [-0.2, 0) is 76.2 Å². The lowest BCUT2D eigenvalue weighted by Crippen LogP contribution is -2.30. The highest BCUT2D eigenvalue weighted by molar-refractivity contribution is 7.85. The van der Waals surface area contributed by atoms with Crippen molar-refractivity contribution in [3.05, 3.63) is 25.3 Å². The molecule has 0 heterocycles. The Morgan fingerprint density at radius 2 is 0.672 bits per heavy atom. The minimum absolute atomic E-state index is 0.0181. The van der Waals surface area contributed by atoms with E-state index in [0.29, 0.717) is 63.3 Å². The minimum Gasteiger partial charge on any atom is -0.481 e. The first-order valence-corrected chi connectivity index (χ1v) is 25.4. The van der Waals surface area contributed by atoms with Crippen molar-refractivity contribution in [1.82, 2.24) is 0 Å². The zero-order valence-corrected chi connectivity index (χ0v) is 40.1.